The van der Waals surface area contributed by atoms with Gasteiger partial charge >= 0.3 is 24.0 Å². The van der Waals surface area contributed by atoms with Crippen LogP contribution in [0.5, 0.6) is 0 Å². The monoisotopic (exact) mass is 993 g/mol. The molecule has 0 aromatic carbocycles. The zero-order valence-electron chi connectivity index (χ0n) is 47.6. The fourth-order valence-corrected chi connectivity index (χ4v) is 9.36. The zero-order chi connectivity index (χ0) is 51.7. The quantitative estimate of drug-likeness (QED) is 0.0334. The molecular weight excluding hydrogens is 877 g/mol. The number of esters is 3. The van der Waals surface area contributed by atoms with Crippen molar-refractivity contribution in [3.63, 3.8) is 0 Å². The second-order valence-corrected chi connectivity index (χ2v) is 21.2. The van der Waals surface area contributed by atoms with E-state index in [2.05, 4.69) is 39.5 Å². The van der Waals surface area contributed by atoms with E-state index in [9.17, 15) is 19.2 Å². The molecule has 0 N–H and O–H groups in total. The van der Waals surface area contributed by atoms with E-state index in [1.54, 1.807) is 4.90 Å². The van der Waals surface area contributed by atoms with Crippen LogP contribution in [0, 0.1) is 0 Å². The molecule has 1 amide bonds. The normalized spacial score (nSPS) is 12.1. The summed E-state index contributed by atoms with van der Waals surface area (Å²) in [5, 5.41) is 0. The van der Waals surface area contributed by atoms with E-state index in [0.29, 0.717) is 19.4 Å². The van der Waals surface area contributed by atoms with Crippen LogP contribution in [0.25, 0.3) is 0 Å². The number of hydrogen-bond acceptors (Lipinski definition) is 9. The summed E-state index contributed by atoms with van der Waals surface area (Å²) < 4.78 is 24.1. The first-order chi connectivity index (χ1) is 34.0. The third-order valence-electron chi connectivity index (χ3n) is 13.9. The van der Waals surface area contributed by atoms with Gasteiger partial charge in [-0.3, -0.25) is 19.3 Å². The minimum Gasteiger partial charge on any atom is -0.462 e. The predicted octanol–water partition coefficient (Wildman–Crippen LogP) is 17.2. The molecule has 1 unspecified atom stereocenters. The summed E-state index contributed by atoms with van der Waals surface area (Å²) in [4.78, 5) is 56.3. The van der Waals surface area contributed by atoms with E-state index >= 15 is 0 Å². The maximum absolute atomic E-state index is 13.9. The maximum Gasteiger partial charge on any atom is 0.410 e. The van der Waals surface area contributed by atoms with Gasteiger partial charge in [0.1, 0.15) is 31.0 Å². The van der Waals surface area contributed by atoms with Gasteiger partial charge in [0, 0.05) is 19.4 Å². The van der Waals surface area contributed by atoms with Crippen molar-refractivity contribution in [1.29, 1.82) is 0 Å². The molecule has 0 spiro atoms. The van der Waals surface area contributed by atoms with Gasteiger partial charge in [-0.2, -0.15) is 0 Å². The fraction of sp³-hybridized carbons (Fsp3) is 0.933. The molecule has 10 heteroatoms. The van der Waals surface area contributed by atoms with Gasteiger partial charge in [0.15, 0.2) is 0 Å². The van der Waals surface area contributed by atoms with Crippen molar-refractivity contribution in [2.75, 3.05) is 33.7 Å². The molecule has 0 aliphatic heterocycles. The van der Waals surface area contributed by atoms with Crippen molar-refractivity contribution in [3.05, 3.63) is 0 Å². The Labute approximate surface area is 433 Å². The number of carbonyl (C=O) groups excluding carboxylic acids is 4. The van der Waals surface area contributed by atoms with Gasteiger partial charge in [-0.25, -0.2) is 4.79 Å². The van der Waals surface area contributed by atoms with Crippen LogP contribution in [0.1, 0.15) is 305 Å². The Hall–Kier alpha value is -2.36. The molecule has 1 atom stereocenters. The first kappa shape index (κ1) is 67.6. The molecule has 70 heavy (non-hydrogen) atoms. The van der Waals surface area contributed by atoms with Gasteiger partial charge in [0.25, 0.3) is 0 Å². The largest absolute Gasteiger partial charge is 0.462 e. The molecule has 0 radical (unpaired) electrons. The van der Waals surface area contributed by atoms with Gasteiger partial charge in [-0.15, -0.1) is 0 Å². The van der Waals surface area contributed by atoms with Crippen molar-refractivity contribution >= 4 is 24.0 Å². The van der Waals surface area contributed by atoms with Crippen LogP contribution in [0.15, 0.2) is 0 Å². The Bertz CT molecular complexity index is 1120. The highest BCUT2D eigenvalue weighted by Crippen LogP contribution is 2.22. The van der Waals surface area contributed by atoms with E-state index in [1.807, 2.05) is 21.0 Å². The van der Waals surface area contributed by atoms with Crippen LogP contribution in [-0.4, -0.2) is 91.9 Å². The van der Waals surface area contributed by atoms with Gasteiger partial charge in [0.05, 0.1) is 0 Å². The van der Waals surface area contributed by atoms with Crippen LogP contribution in [0.2, 0.25) is 0 Å². The summed E-state index contributed by atoms with van der Waals surface area (Å²) in [5.74, 6) is -0.426. The lowest BCUT2D eigenvalue weighted by Crippen LogP contribution is -2.40. The molecule has 414 valence electrons. The molecule has 0 aromatic rings. The van der Waals surface area contributed by atoms with Gasteiger partial charge in [-0.05, 0) is 130 Å². The first-order valence-corrected chi connectivity index (χ1v) is 30.2. The van der Waals surface area contributed by atoms with E-state index in [0.717, 1.165) is 180 Å². The summed E-state index contributed by atoms with van der Waals surface area (Å²) >= 11 is 0. The van der Waals surface area contributed by atoms with E-state index in [1.165, 1.54) is 77.0 Å². The van der Waals surface area contributed by atoms with Crippen molar-refractivity contribution < 1.29 is 38.1 Å². The second-order valence-electron chi connectivity index (χ2n) is 21.2. The topological polar surface area (TPSA) is 112 Å². The predicted molar refractivity (Wildman–Crippen MR) is 293 cm³/mol. The molecule has 0 aliphatic carbocycles. The van der Waals surface area contributed by atoms with E-state index < -0.39 is 6.09 Å². The summed E-state index contributed by atoms with van der Waals surface area (Å²) in [6, 6.07) is 0. The van der Waals surface area contributed by atoms with Crippen LogP contribution < -0.4 is 0 Å². The SMILES string of the molecule is CCCCCCC(CCCCCC)OC(=O)CCCCCCCCC(CCCCCCCCC(=O)OC(CCCCCC)CCCCCC)OC(=O)N(CCCN(C)C)CC(=O)OC(CC)CCCC. The van der Waals surface area contributed by atoms with Gasteiger partial charge in [0.2, 0.25) is 0 Å². The van der Waals surface area contributed by atoms with E-state index in [-0.39, 0.29) is 48.9 Å². The van der Waals surface area contributed by atoms with Gasteiger partial charge in [-0.1, -0.05) is 183 Å². The summed E-state index contributed by atoms with van der Waals surface area (Å²) in [5.41, 5.74) is 0. The minimum absolute atomic E-state index is 0.0312. The number of unbranched alkanes of at least 4 members (excludes halogenated alkanes) is 23. The number of carbonyl (C=O) groups is 4. The third-order valence-corrected chi connectivity index (χ3v) is 13.9. The molecule has 0 fully saturated rings. The molecule has 10 nitrogen and oxygen atoms in total. The maximum atomic E-state index is 13.9. The highest BCUT2D eigenvalue weighted by Gasteiger charge is 2.25. The number of hydrogen-bond donors (Lipinski definition) is 0. The molecule has 0 saturated heterocycles. The number of rotatable bonds is 52. The Kier molecular flexibility index (Phi) is 48.5. The first-order valence-electron chi connectivity index (χ1n) is 30.2. The third kappa shape index (κ3) is 43.2. The van der Waals surface area contributed by atoms with Gasteiger partial charge < -0.3 is 23.8 Å². The Morgan fingerprint density at radius 1 is 0.329 bits per heavy atom. The molecular formula is C60H116N2O8. The smallest absolute Gasteiger partial charge is 0.410 e. The Morgan fingerprint density at radius 2 is 0.643 bits per heavy atom. The molecule has 0 saturated carbocycles. The van der Waals surface area contributed by atoms with Crippen molar-refractivity contribution in [1.82, 2.24) is 9.80 Å². The molecule has 0 bridgehead atoms. The lowest BCUT2D eigenvalue weighted by molar-refractivity contribution is -0.151. The summed E-state index contributed by atoms with van der Waals surface area (Å²) in [6.45, 7) is 14.2. The lowest BCUT2D eigenvalue weighted by atomic mass is 10.0. The Morgan fingerprint density at radius 3 is 1.00 bits per heavy atom. The average molecular weight is 994 g/mol. The molecule has 0 rings (SSSR count). The van der Waals surface area contributed by atoms with Crippen LogP contribution in [-0.2, 0) is 33.3 Å². The van der Waals surface area contributed by atoms with Crippen molar-refractivity contribution in [3.8, 4) is 0 Å². The highest BCUT2D eigenvalue weighted by molar-refractivity contribution is 5.78. The molecule has 0 aromatic heterocycles. The second kappa shape index (κ2) is 50.2. The standard InChI is InChI=1S/C60H116N2O8/c1-9-15-20-32-42-54(43-33-21-16-10-2)68-57(63)48-38-30-26-24-28-36-46-56(70-60(66)62(51-40-50-61(7)8)52-59(65)67-53(14-6)41-19-13-5)47-37-29-25-27-31-39-49-58(64)69-55(44-34-22-17-11-3)45-35-23-18-12-4/h53-56H,9-52H2,1-8H3. The lowest BCUT2D eigenvalue weighted by Gasteiger charge is -2.26. The number of ether oxygens (including phenoxy) is 4. The van der Waals surface area contributed by atoms with E-state index in [4.69, 9.17) is 18.9 Å². The van der Waals surface area contributed by atoms with Crippen molar-refractivity contribution in [2.45, 2.75) is 329 Å². The average Bonchev–Trinajstić information content (AvgIpc) is 3.33. The zero-order valence-corrected chi connectivity index (χ0v) is 47.6. The molecule has 0 heterocycles. The summed E-state index contributed by atoms with van der Waals surface area (Å²) in [6.07, 6.45) is 41.7. The van der Waals surface area contributed by atoms with Crippen LogP contribution in [0.4, 0.5) is 4.79 Å². The van der Waals surface area contributed by atoms with Crippen molar-refractivity contribution in [2.24, 2.45) is 0 Å². The summed E-state index contributed by atoms with van der Waals surface area (Å²) in [7, 11) is 4.03. The minimum atomic E-state index is -0.422. The molecule has 0 aliphatic rings. The number of nitrogens with zero attached hydrogens (tertiary/aromatic N) is 2. The Balaban J connectivity index is 5.25. The highest BCUT2D eigenvalue weighted by atomic mass is 16.6. The number of amides is 1. The fourth-order valence-electron chi connectivity index (χ4n) is 9.36. The van der Waals surface area contributed by atoms with Crippen LogP contribution >= 0.6 is 0 Å². The van der Waals surface area contributed by atoms with Crippen LogP contribution in [0.3, 0.4) is 0 Å².